The largest absolute Gasteiger partial charge is 0.393 e. The number of aliphatic hydroxyl groups excluding tert-OH is 2. The van der Waals surface area contributed by atoms with Crippen LogP contribution in [0.25, 0.3) is 0 Å². The average Bonchev–Trinajstić information content (AvgIpc) is 2.23. The second-order valence-electron chi connectivity index (χ2n) is 4.49. The SMILES string of the molecule is CC(O)CCNCC(O)COCCOC(C)C. The summed E-state index contributed by atoms with van der Waals surface area (Å²) < 4.78 is 10.6. The molecule has 0 heterocycles. The van der Waals surface area contributed by atoms with Gasteiger partial charge in [0.05, 0.1) is 38.1 Å². The van der Waals surface area contributed by atoms with E-state index in [1.165, 1.54) is 0 Å². The van der Waals surface area contributed by atoms with Crippen molar-refractivity contribution in [1.82, 2.24) is 5.32 Å². The highest BCUT2D eigenvalue weighted by atomic mass is 16.5. The minimum absolute atomic E-state index is 0.214. The van der Waals surface area contributed by atoms with Crippen LogP contribution in [-0.2, 0) is 9.47 Å². The quantitative estimate of drug-likeness (QED) is 0.455. The highest BCUT2D eigenvalue weighted by Gasteiger charge is 2.04. The maximum Gasteiger partial charge on any atom is 0.0897 e. The van der Waals surface area contributed by atoms with Gasteiger partial charge in [0.1, 0.15) is 0 Å². The highest BCUT2D eigenvalue weighted by molar-refractivity contribution is 4.59. The zero-order valence-corrected chi connectivity index (χ0v) is 11.2. The standard InChI is InChI=1S/C12H27NO4/c1-10(2)17-7-6-16-9-12(15)8-13-5-4-11(3)14/h10-15H,4-9H2,1-3H3. The third kappa shape index (κ3) is 13.7. The smallest absolute Gasteiger partial charge is 0.0897 e. The molecule has 104 valence electrons. The highest BCUT2D eigenvalue weighted by Crippen LogP contribution is 1.90. The summed E-state index contributed by atoms with van der Waals surface area (Å²) in [6.45, 7) is 8.24. The first-order valence-electron chi connectivity index (χ1n) is 6.28. The molecular weight excluding hydrogens is 222 g/mol. The maximum absolute atomic E-state index is 9.53. The van der Waals surface area contributed by atoms with Crippen LogP contribution in [0, 0.1) is 0 Å². The molecule has 0 aromatic heterocycles. The van der Waals surface area contributed by atoms with E-state index in [0.29, 0.717) is 39.3 Å². The van der Waals surface area contributed by atoms with Gasteiger partial charge in [-0.15, -0.1) is 0 Å². The van der Waals surface area contributed by atoms with Crippen LogP contribution in [0.15, 0.2) is 0 Å². The second-order valence-corrected chi connectivity index (χ2v) is 4.49. The number of ether oxygens (including phenoxy) is 2. The fourth-order valence-corrected chi connectivity index (χ4v) is 1.20. The van der Waals surface area contributed by atoms with Crippen molar-refractivity contribution in [3.05, 3.63) is 0 Å². The minimum atomic E-state index is -0.511. The Balaban J connectivity index is 3.20. The summed E-state index contributed by atoms with van der Waals surface area (Å²) in [5.41, 5.74) is 0. The monoisotopic (exact) mass is 249 g/mol. The first kappa shape index (κ1) is 16.8. The Labute approximate surface area is 104 Å². The summed E-state index contributed by atoms with van der Waals surface area (Å²) >= 11 is 0. The van der Waals surface area contributed by atoms with Crippen LogP contribution in [-0.4, -0.2) is 61.4 Å². The minimum Gasteiger partial charge on any atom is -0.393 e. The molecule has 0 amide bonds. The molecule has 0 radical (unpaired) electrons. The van der Waals surface area contributed by atoms with Crippen molar-refractivity contribution in [2.75, 3.05) is 32.9 Å². The van der Waals surface area contributed by atoms with Crippen molar-refractivity contribution in [3.8, 4) is 0 Å². The van der Waals surface area contributed by atoms with Crippen LogP contribution in [0.5, 0.6) is 0 Å². The van der Waals surface area contributed by atoms with Crippen LogP contribution in [0.2, 0.25) is 0 Å². The third-order valence-electron chi connectivity index (χ3n) is 2.11. The Kier molecular flexibility index (Phi) is 10.8. The van der Waals surface area contributed by atoms with Crippen molar-refractivity contribution in [3.63, 3.8) is 0 Å². The van der Waals surface area contributed by atoms with E-state index >= 15 is 0 Å². The molecular formula is C12H27NO4. The molecule has 0 aliphatic carbocycles. The zero-order chi connectivity index (χ0) is 13.1. The maximum atomic E-state index is 9.53. The lowest BCUT2D eigenvalue weighted by Crippen LogP contribution is -2.32. The molecule has 0 aromatic rings. The van der Waals surface area contributed by atoms with Crippen molar-refractivity contribution >= 4 is 0 Å². The van der Waals surface area contributed by atoms with Gasteiger partial charge in [-0.3, -0.25) is 0 Å². The van der Waals surface area contributed by atoms with Gasteiger partial charge in [-0.05, 0) is 33.7 Å². The molecule has 0 saturated carbocycles. The lowest BCUT2D eigenvalue weighted by Gasteiger charge is -2.13. The van der Waals surface area contributed by atoms with Crippen LogP contribution in [0.3, 0.4) is 0 Å². The molecule has 5 heteroatoms. The summed E-state index contributed by atoms with van der Waals surface area (Å²) in [6.07, 6.45) is 0.0910. The van der Waals surface area contributed by atoms with Crippen molar-refractivity contribution < 1.29 is 19.7 Å². The van der Waals surface area contributed by atoms with E-state index in [-0.39, 0.29) is 12.2 Å². The number of nitrogens with one attached hydrogen (secondary N) is 1. The van der Waals surface area contributed by atoms with E-state index in [4.69, 9.17) is 14.6 Å². The van der Waals surface area contributed by atoms with E-state index in [0.717, 1.165) is 0 Å². The van der Waals surface area contributed by atoms with Gasteiger partial charge in [0.2, 0.25) is 0 Å². The number of hydrogen-bond donors (Lipinski definition) is 3. The van der Waals surface area contributed by atoms with E-state index in [1.54, 1.807) is 6.92 Å². The van der Waals surface area contributed by atoms with Crippen LogP contribution >= 0.6 is 0 Å². The van der Waals surface area contributed by atoms with Gasteiger partial charge in [-0.25, -0.2) is 0 Å². The predicted molar refractivity (Wildman–Crippen MR) is 67.1 cm³/mol. The molecule has 2 atom stereocenters. The summed E-state index contributed by atoms with van der Waals surface area (Å²) in [5, 5.41) is 21.6. The Morgan fingerprint density at radius 1 is 1.12 bits per heavy atom. The van der Waals surface area contributed by atoms with Gasteiger partial charge in [0, 0.05) is 6.54 Å². The molecule has 2 unspecified atom stereocenters. The first-order valence-corrected chi connectivity index (χ1v) is 6.28. The Morgan fingerprint density at radius 3 is 2.41 bits per heavy atom. The second kappa shape index (κ2) is 10.9. The molecule has 0 saturated heterocycles. The van der Waals surface area contributed by atoms with E-state index < -0.39 is 6.10 Å². The first-order chi connectivity index (χ1) is 8.02. The lowest BCUT2D eigenvalue weighted by molar-refractivity contribution is -0.0100. The van der Waals surface area contributed by atoms with Gasteiger partial charge in [-0.2, -0.15) is 0 Å². The van der Waals surface area contributed by atoms with E-state index in [1.807, 2.05) is 13.8 Å². The van der Waals surface area contributed by atoms with Gasteiger partial charge in [-0.1, -0.05) is 0 Å². The van der Waals surface area contributed by atoms with Crippen LogP contribution in [0.1, 0.15) is 27.2 Å². The Morgan fingerprint density at radius 2 is 1.82 bits per heavy atom. The Bertz CT molecular complexity index is 165. The summed E-state index contributed by atoms with van der Waals surface area (Å²) in [7, 11) is 0. The number of rotatable bonds is 11. The number of aliphatic hydroxyl groups is 2. The Hall–Kier alpha value is -0.200. The predicted octanol–water partition coefficient (Wildman–Crippen LogP) is 0.149. The molecule has 0 aliphatic rings. The average molecular weight is 249 g/mol. The van der Waals surface area contributed by atoms with Gasteiger partial charge in [0.25, 0.3) is 0 Å². The van der Waals surface area contributed by atoms with E-state index in [2.05, 4.69) is 5.32 Å². The molecule has 5 nitrogen and oxygen atoms in total. The topological polar surface area (TPSA) is 71.0 Å². The molecule has 0 bridgehead atoms. The van der Waals surface area contributed by atoms with Gasteiger partial charge >= 0.3 is 0 Å². The summed E-state index contributed by atoms with van der Waals surface area (Å²) in [5.74, 6) is 0. The van der Waals surface area contributed by atoms with Crippen LogP contribution < -0.4 is 5.32 Å². The molecule has 17 heavy (non-hydrogen) atoms. The third-order valence-corrected chi connectivity index (χ3v) is 2.11. The molecule has 0 aromatic carbocycles. The normalized spacial score (nSPS) is 15.2. The summed E-state index contributed by atoms with van der Waals surface area (Å²) in [4.78, 5) is 0. The van der Waals surface area contributed by atoms with E-state index in [9.17, 15) is 5.11 Å². The van der Waals surface area contributed by atoms with Gasteiger partial charge < -0.3 is 25.0 Å². The van der Waals surface area contributed by atoms with Gasteiger partial charge in [0.15, 0.2) is 0 Å². The van der Waals surface area contributed by atoms with Crippen molar-refractivity contribution in [2.24, 2.45) is 0 Å². The fraction of sp³-hybridized carbons (Fsp3) is 1.00. The molecule has 0 rings (SSSR count). The molecule has 0 spiro atoms. The zero-order valence-electron chi connectivity index (χ0n) is 11.2. The molecule has 0 fully saturated rings. The molecule has 3 N–H and O–H groups in total. The molecule has 0 aliphatic heterocycles. The lowest BCUT2D eigenvalue weighted by atomic mass is 10.3. The van der Waals surface area contributed by atoms with Crippen molar-refractivity contribution in [1.29, 1.82) is 0 Å². The summed E-state index contributed by atoms with van der Waals surface area (Å²) in [6, 6.07) is 0. The fourth-order valence-electron chi connectivity index (χ4n) is 1.20. The number of hydrogen-bond acceptors (Lipinski definition) is 5. The van der Waals surface area contributed by atoms with Crippen LogP contribution in [0.4, 0.5) is 0 Å². The van der Waals surface area contributed by atoms with Crippen molar-refractivity contribution in [2.45, 2.75) is 45.5 Å².